The number of aryl methyl sites for hydroxylation is 1. The summed E-state index contributed by atoms with van der Waals surface area (Å²) in [6.07, 6.45) is 3.20. The molecule has 2 N–H and O–H groups in total. The molecule has 2 heterocycles. The molecule has 1 aromatic carbocycles. The van der Waals surface area contributed by atoms with Crippen LogP contribution in [0.3, 0.4) is 0 Å². The summed E-state index contributed by atoms with van der Waals surface area (Å²) >= 11 is 8.27. The fourth-order valence-electron chi connectivity index (χ4n) is 3.11. The number of pyridine rings is 1. The van der Waals surface area contributed by atoms with Crippen molar-refractivity contribution in [2.45, 2.75) is 25.9 Å². The van der Waals surface area contributed by atoms with Crippen molar-refractivity contribution in [1.82, 2.24) is 14.3 Å². The maximum Gasteiger partial charge on any atom is 0.354 e. The molecular weight excluding hydrogens is 507 g/mol. The molecule has 0 fully saturated rings. The Balaban J connectivity index is 2.16. The normalized spacial score (nSPS) is 12.2. The summed E-state index contributed by atoms with van der Waals surface area (Å²) in [5.41, 5.74) is 1.79. The molecule has 0 spiro atoms. The molecule has 7 nitrogen and oxygen atoms in total. The number of carbonyl (C=O) groups is 1. The van der Waals surface area contributed by atoms with Gasteiger partial charge in [0, 0.05) is 28.4 Å². The van der Waals surface area contributed by atoms with Crippen molar-refractivity contribution >= 4 is 45.8 Å². The Morgan fingerprint density at radius 3 is 2.48 bits per heavy atom. The second kappa shape index (κ2) is 8.58. The molecule has 0 radical (unpaired) electrons. The van der Waals surface area contributed by atoms with E-state index < -0.39 is 12.0 Å². The third kappa shape index (κ3) is 4.48. The zero-order valence-electron chi connectivity index (χ0n) is 16.1. The molecule has 0 aliphatic heterocycles. The van der Waals surface area contributed by atoms with E-state index in [1.54, 1.807) is 19.4 Å². The van der Waals surface area contributed by atoms with Crippen LogP contribution in [-0.2, 0) is 7.05 Å². The number of anilines is 1. The van der Waals surface area contributed by atoms with Gasteiger partial charge >= 0.3 is 5.97 Å². The lowest BCUT2D eigenvalue weighted by atomic mass is 9.98. The molecule has 2 aromatic heterocycles. The van der Waals surface area contributed by atoms with E-state index in [-0.39, 0.29) is 22.3 Å². The summed E-state index contributed by atoms with van der Waals surface area (Å²) in [6.45, 7) is 3.76. The van der Waals surface area contributed by atoms with Gasteiger partial charge < -0.3 is 15.0 Å². The van der Waals surface area contributed by atoms with Gasteiger partial charge in [-0.3, -0.25) is 9.48 Å². The molecule has 9 heteroatoms. The Hall–Kier alpha value is -2.33. The Labute approximate surface area is 186 Å². The maximum atomic E-state index is 12.0. The first kappa shape index (κ1) is 21.4. The lowest BCUT2D eigenvalue weighted by Gasteiger charge is -2.21. The first-order chi connectivity index (χ1) is 13.7. The summed E-state index contributed by atoms with van der Waals surface area (Å²) in [5.74, 6) is -1.05. The van der Waals surface area contributed by atoms with E-state index in [0.29, 0.717) is 11.3 Å². The third-order valence-corrected chi connectivity index (χ3v) is 5.47. The van der Waals surface area contributed by atoms with Crippen molar-refractivity contribution in [3.63, 3.8) is 0 Å². The molecule has 3 rings (SSSR count). The Kier molecular flexibility index (Phi) is 6.33. The van der Waals surface area contributed by atoms with Gasteiger partial charge in [0.05, 0.1) is 17.9 Å². The van der Waals surface area contributed by atoms with Crippen LogP contribution in [0.4, 0.5) is 5.69 Å². The van der Waals surface area contributed by atoms with Gasteiger partial charge in [-0.15, -0.1) is 0 Å². The van der Waals surface area contributed by atoms with Crippen molar-refractivity contribution in [1.29, 1.82) is 0 Å². The van der Waals surface area contributed by atoms with Crippen LogP contribution in [0.15, 0.2) is 47.5 Å². The summed E-state index contributed by atoms with van der Waals surface area (Å²) in [4.78, 5) is 24.0. The van der Waals surface area contributed by atoms with E-state index in [4.69, 9.17) is 11.6 Å². The van der Waals surface area contributed by atoms with Gasteiger partial charge in [-0.05, 0) is 60.2 Å². The van der Waals surface area contributed by atoms with E-state index in [1.165, 1.54) is 15.3 Å². The standard InChI is InChI=1S/C20H20ClIN4O3/c1-11(2)26-18(20(28)29)15(9-23-26)17(12-4-6-13(22)7-5-12)24-14-8-16(21)19(27)25(3)10-14/h4-11,17,24H,1-3H3,(H,28,29). The zero-order valence-corrected chi connectivity index (χ0v) is 19.0. The van der Waals surface area contributed by atoms with Crippen LogP contribution in [0, 0.1) is 3.57 Å². The van der Waals surface area contributed by atoms with Gasteiger partial charge in [-0.2, -0.15) is 5.10 Å². The lowest BCUT2D eigenvalue weighted by Crippen LogP contribution is -2.21. The first-order valence-corrected chi connectivity index (χ1v) is 10.3. The van der Waals surface area contributed by atoms with Crippen LogP contribution in [-0.4, -0.2) is 25.4 Å². The number of nitrogens with one attached hydrogen (secondary N) is 1. The van der Waals surface area contributed by atoms with Gasteiger partial charge in [-0.1, -0.05) is 23.7 Å². The molecule has 1 unspecified atom stereocenters. The number of hydrogen-bond acceptors (Lipinski definition) is 4. The minimum atomic E-state index is -1.05. The van der Waals surface area contributed by atoms with E-state index in [1.807, 2.05) is 38.1 Å². The number of carboxylic acid groups (broad SMARTS) is 1. The number of aromatic nitrogens is 3. The number of benzene rings is 1. The molecule has 1 atom stereocenters. The SMILES string of the molecule is CC(C)n1ncc(C(Nc2cc(Cl)c(=O)n(C)c2)c2ccc(I)cc2)c1C(=O)O. The monoisotopic (exact) mass is 526 g/mol. The number of aromatic carboxylic acids is 1. The molecule has 29 heavy (non-hydrogen) atoms. The van der Waals surface area contributed by atoms with Gasteiger partial charge in [-0.25, -0.2) is 4.79 Å². The van der Waals surface area contributed by atoms with Crippen LogP contribution in [0.5, 0.6) is 0 Å². The molecule has 3 aromatic rings. The predicted molar refractivity (Wildman–Crippen MR) is 121 cm³/mol. The fraction of sp³-hybridized carbons (Fsp3) is 0.250. The summed E-state index contributed by atoms with van der Waals surface area (Å²) < 4.78 is 3.93. The smallest absolute Gasteiger partial charge is 0.354 e. The number of rotatable bonds is 6. The Bertz CT molecular complexity index is 1080. The van der Waals surface area contributed by atoms with Gasteiger partial charge in [0.1, 0.15) is 5.02 Å². The molecule has 0 aliphatic carbocycles. The number of nitrogens with zero attached hydrogens (tertiary/aromatic N) is 3. The second-order valence-corrected chi connectivity index (χ2v) is 8.57. The van der Waals surface area contributed by atoms with Crippen LogP contribution in [0.1, 0.15) is 47.5 Å². The summed E-state index contributed by atoms with van der Waals surface area (Å²) in [6, 6.07) is 8.69. The Morgan fingerprint density at radius 1 is 1.28 bits per heavy atom. The highest BCUT2D eigenvalue weighted by Crippen LogP contribution is 2.31. The maximum absolute atomic E-state index is 12.0. The highest BCUT2D eigenvalue weighted by Gasteiger charge is 2.27. The second-order valence-electron chi connectivity index (χ2n) is 6.91. The Morgan fingerprint density at radius 2 is 1.93 bits per heavy atom. The summed E-state index contributed by atoms with van der Waals surface area (Å²) in [5, 5.41) is 17.6. The molecule has 0 saturated carbocycles. The fourth-order valence-corrected chi connectivity index (χ4v) is 3.72. The van der Waals surface area contributed by atoms with E-state index >= 15 is 0 Å². The van der Waals surface area contributed by atoms with Crippen LogP contribution in [0.2, 0.25) is 5.02 Å². The van der Waals surface area contributed by atoms with Crippen molar-refractivity contribution in [2.24, 2.45) is 7.05 Å². The third-order valence-electron chi connectivity index (χ3n) is 4.48. The predicted octanol–water partition coefficient (Wildman–Crippen LogP) is 4.32. The van der Waals surface area contributed by atoms with E-state index in [0.717, 1.165) is 9.13 Å². The quantitative estimate of drug-likeness (QED) is 0.467. The molecular formula is C20H20ClIN4O3. The number of carboxylic acids is 1. The highest BCUT2D eigenvalue weighted by atomic mass is 127. The molecule has 0 saturated heterocycles. The molecule has 152 valence electrons. The van der Waals surface area contributed by atoms with Crippen LogP contribution >= 0.6 is 34.2 Å². The molecule has 0 aliphatic rings. The highest BCUT2D eigenvalue weighted by molar-refractivity contribution is 14.1. The average molecular weight is 527 g/mol. The van der Waals surface area contributed by atoms with Gasteiger partial charge in [0.25, 0.3) is 5.56 Å². The van der Waals surface area contributed by atoms with Crippen molar-refractivity contribution in [3.8, 4) is 0 Å². The minimum Gasteiger partial charge on any atom is -0.477 e. The number of hydrogen-bond donors (Lipinski definition) is 2. The lowest BCUT2D eigenvalue weighted by molar-refractivity contribution is 0.0679. The van der Waals surface area contributed by atoms with E-state index in [2.05, 4.69) is 33.0 Å². The molecule has 0 amide bonds. The first-order valence-electron chi connectivity index (χ1n) is 8.88. The van der Waals surface area contributed by atoms with Crippen LogP contribution in [0.25, 0.3) is 0 Å². The molecule has 0 bridgehead atoms. The largest absolute Gasteiger partial charge is 0.477 e. The van der Waals surface area contributed by atoms with Gasteiger partial charge in [0.15, 0.2) is 5.69 Å². The van der Waals surface area contributed by atoms with E-state index in [9.17, 15) is 14.7 Å². The number of halogens is 2. The van der Waals surface area contributed by atoms with Gasteiger partial charge in [0.2, 0.25) is 0 Å². The topological polar surface area (TPSA) is 89.2 Å². The zero-order chi connectivity index (χ0) is 21.3. The van der Waals surface area contributed by atoms with Crippen molar-refractivity contribution in [2.75, 3.05) is 5.32 Å². The average Bonchev–Trinajstić information content (AvgIpc) is 3.10. The van der Waals surface area contributed by atoms with Crippen molar-refractivity contribution in [3.05, 3.63) is 78.5 Å². The van der Waals surface area contributed by atoms with Crippen LogP contribution < -0.4 is 10.9 Å². The summed E-state index contributed by atoms with van der Waals surface area (Å²) in [7, 11) is 1.61. The van der Waals surface area contributed by atoms with Crippen molar-refractivity contribution < 1.29 is 9.90 Å². The minimum absolute atomic E-state index is 0.0789.